The van der Waals surface area contributed by atoms with Gasteiger partial charge in [-0.05, 0) is 51.4 Å². The minimum absolute atomic E-state index is 0.224. The van der Waals surface area contributed by atoms with Crippen LogP contribution in [0.2, 0.25) is 0 Å². The maximum absolute atomic E-state index is 9.65. The van der Waals surface area contributed by atoms with Crippen LogP contribution in [-0.4, -0.2) is 24.0 Å². The van der Waals surface area contributed by atoms with Gasteiger partial charge in [-0.3, -0.25) is 0 Å². The van der Waals surface area contributed by atoms with Crippen molar-refractivity contribution < 1.29 is 14.6 Å². The SMILES string of the molecule is C[C@H](NCCC(C)(C)O)c1ccc2c(c1)OCO2. The highest BCUT2D eigenvalue weighted by atomic mass is 16.7. The van der Waals surface area contributed by atoms with Gasteiger partial charge in [0.05, 0.1) is 5.60 Å². The Kier molecular flexibility index (Phi) is 3.78. The lowest BCUT2D eigenvalue weighted by molar-refractivity contribution is 0.0705. The predicted molar refractivity (Wildman–Crippen MR) is 69.9 cm³/mol. The molecule has 0 aromatic heterocycles. The molecule has 0 radical (unpaired) electrons. The van der Waals surface area contributed by atoms with Crippen molar-refractivity contribution >= 4 is 0 Å². The van der Waals surface area contributed by atoms with Gasteiger partial charge in [0.25, 0.3) is 0 Å². The standard InChI is InChI=1S/C14H21NO3/c1-10(15-7-6-14(2,3)16)11-4-5-12-13(8-11)18-9-17-12/h4-5,8,10,15-16H,6-7,9H2,1-3H3/t10-/m0/s1. The molecule has 100 valence electrons. The van der Waals surface area contributed by atoms with Crippen LogP contribution in [0.25, 0.3) is 0 Å². The van der Waals surface area contributed by atoms with E-state index in [2.05, 4.69) is 12.2 Å². The molecule has 4 heteroatoms. The van der Waals surface area contributed by atoms with E-state index in [1.165, 1.54) is 0 Å². The topological polar surface area (TPSA) is 50.7 Å². The summed E-state index contributed by atoms with van der Waals surface area (Å²) in [6, 6.07) is 6.20. The fourth-order valence-corrected chi connectivity index (χ4v) is 1.89. The molecular formula is C14H21NO3. The van der Waals surface area contributed by atoms with E-state index in [9.17, 15) is 5.11 Å². The van der Waals surface area contributed by atoms with E-state index in [-0.39, 0.29) is 6.04 Å². The second kappa shape index (κ2) is 5.16. The number of aliphatic hydroxyl groups is 1. The lowest BCUT2D eigenvalue weighted by Gasteiger charge is -2.20. The summed E-state index contributed by atoms with van der Waals surface area (Å²) in [5, 5.41) is 13.0. The third-order valence-electron chi connectivity index (χ3n) is 3.08. The fourth-order valence-electron chi connectivity index (χ4n) is 1.89. The van der Waals surface area contributed by atoms with E-state index in [4.69, 9.17) is 9.47 Å². The van der Waals surface area contributed by atoms with E-state index in [1.807, 2.05) is 32.0 Å². The number of fused-ring (bicyclic) bond motifs is 1. The Labute approximate surface area is 108 Å². The van der Waals surface area contributed by atoms with Gasteiger partial charge in [0.15, 0.2) is 11.5 Å². The average molecular weight is 251 g/mol. The second-order valence-electron chi connectivity index (χ2n) is 5.35. The van der Waals surface area contributed by atoms with Crippen molar-refractivity contribution in [3.63, 3.8) is 0 Å². The lowest BCUT2D eigenvalue weighted by atomic mass is 10.0. The largest absolute Gasteiger partial charge is 0.454 e. The van der Waals surface area contributed by atoms with Crippen molar-refractivity contribution in [1.82, 2.24) is 5.32 Å². The monoisotopic (exact) mass is 251 g/mol. The van der Waals surface area contributed by atoms with Crippen LogP contribution in [0.4, 0.5) is 0 Å². The Morgan fingerprint density at radius 1 is 1.33 bits per heavy atom. The predicted octanol–water partition coefficient (Wildman–Crippen LogP) is 2.23. The first-order valence-corrected chi connectivity index (χ1v) is 6.31. The summed E-state index contributed by atoms with van der Waals surface area (Å²) in [6.45, 7) is 6.82. The Morgan fingerprint density at radius 3 is 2.78 bits per heavy atom. The fraction of sp³-hybridized carbons (Fsp3) is 0.571. The zero-order valence-electron chi connectivity index (χ0n) is 11.2. The van der Waals surface area contributed by atoms with Crippen LogP contribution < -0.4 is 14.8 Å². The number of rotatable bonds is 5. The van der Waals surface area contributed by atoms with Crippen LogP contribution in [0.5, 0.6) is 11.5 Å². The van der Waals surface area contributed by atoms with E-state index in [0.717, 1.165) is 30.0 Å². The van der Waals surface area contributed by atoms with E-state index in [1.54, 1.807) is 0 Å². The van der Waals surface area contributed by atoms with Gasteiger partial charge in [0.2, 0.25) is 6.79 Å². The van der Waals surface area contributed by atoms with Crippen LogP contribution in [0.1, 0.15) is 38.8 Å². The molecule has 1 aliphatic heterocycles. The normalized spacial score (nSPS) is 15.8. The molecule has 0 saturated heterocycles. The molecule has 1 aliphatic rings. The highest BCUT2D eigenvalue weighted by Gasteiger charge is 2.16. The van der Waals surface area contributed by atoms with Gasteiger partial charge in [0, 0.05) is 6.04 Å². The molecule has 1 atom stereocenters. The van der Waals surface area contributed by atoms with E-state index < -0.39 is 5.60 Å². The Hall–Kier alpha value is -1.26. The number of hydrogen-bond donors (Lipinski definition) is 2. The molecule has 0 amide bonds. The second-order valence-corrected chi connectivity index (χ2v) is 5.35. The highest BCUT2D eigenvalue weighted by molar-refractivity contribution is 5.45. The quantitative estimate of drug-likeness (QED) is 0.842. The molecule has 0 aliphatic carbocycles. The summed E-state index contributed by atoms with van der Waals surface area (Å²) in [5.74, 6) is 1.62. The third-order valence-corrected chi connectivity index (χ3v) is 3.08. The van der Waals surface area contributed by atoms with Crippen LogP contribution in [0.15, 0.2) is 18.2 Å². The van der Waals surface area contributed by atoms with Gasteiger partial charge in [0.1, 0.15) is 0 Å². The number of ether oxygens (including phenoxy) is 2. The van der Waals surface area contributed by atoms with Crippen molar-refractivity contribution in [1.29, 1.82) is 0 Å². The molecular weight excluding hydrogens is 230 g/mol. The van der Waals surface area contributed by atoms with Gasteiger partial charge in [-0.15, -0.1) is 0 Å². The van der Waals surface area contributed by atoms with Crippen molar-refractivity contribution in [3.8, 4) is 11.5 Å². The minimum Gasteiger partial charge on any atom is -0.454 e. The van der Waals surface area contributed by atoms with E-state index in [0.29, 0.717) is 6.79 Å². The van der Waals surface area contributed by atoms with Gasteiger partial charge in [-0.25, -0.2) is 0 Å². The van der Waals surface area contributed by atoms with Gasteiger partial charge in [-0.2, -0.15) is 0 Å². The average Bonchev–Trinajstić information content (AvgIpc) is 2.73. The van der Waals surface area contributed by atoms with Crippen LogP contribution in [-0.2, 0) is 0 Å². The summed E-state index contributed by atoms with van der Waals surface area (Å²) < 4.78 is 10.6. The number of hydrogen-bond acceptors (Lipinski definition) is 4. The Balaban J connectivity index is 1.91. The summed E-state index contributed by atoms with van der Waals surface area (Å²) >= 11 is 0. The van der Waals surface area contributed by atoms with Gasteiger partial charge in [-0.1, -0.05) is 6.07 Å². The van der Waals surface area contributed by atoms with Crippen molar-refractivity contribution in [3.05, 3.63) is 23.8 Å². The van der Waals surface area contributed by atoms with Crippen molar-refractivity contribution in [2.75, 3.05) is 13.3 Å². The summed E-state index contributed by atoms with van der Waals surface area (Å²) in [5.41, 5.74) is 0.539. The molecule has 1 aromatic carbocycles. The maximum atomic E-state index is 9.65. The molecule has 0 bridgehead atoms. The molecule has 18 heavy (non-hydrogen) atoms. The van der Waals surface area contributed by atoms with Crippen molar-refractivity contribution in [2.24, 2.45) is 0 Å². The maximum Gasteiger partial charge on any atom is 0.231 e. The summed E-state index contributed by atoms with van der Waals surface area (Å²) in [6.07, 6.45) is 0.724. The molecule has 0 spiro atoms. The zero-order chi connectivity index (χ0) is 13.2. The molecule has 2 rings (SSSR count). The number of benzene rings is 1. The van der Waals surface area contributed by atoms with Gasteiger partial charge < -0.3 is 19.9 Å². The first-order chi connectivity index (χ1) is 8.46. The van der Waals surface area contributed by atoms with Crippen LogP contribution in [0, 0.1) is 0 Å². The zero-order valence-corrected chi connectivity index (χ0v) is 11.2. The van der Waals surface area contributed by atoms with Crippen molar-refractivity contribution in [2.45, 2.75) is 38.8 Å². The molecule has 1 heterocycles. The number of nitrogens with one attached hydrogen (secondary N) is 1. The highest BCUT2D eigenvalue weighted by Crippen LogP contribution is 2.34. The minimum atomic E-state index is -0.623. The van der Waals surface area contributed by atoms with Crippen LogP contribution >= 0.6 is 0 Å². The molecule has 0 unspecified atom stereocenters. The Morgan fingerprint density at radius 2 is 2.06 bits per heavy atom. The first-order valence-electron chi connectivity index (χ1n) is 6.31. The molecule has 4 nitrogen and oxygen atoms in total. The molecule has 2 N–H and O–H groups in total. The summed E-state index contributed by atoms with van der Waals surface area (Å²) in [7, 11) is 0. The molecule has 0 fully saturated rings. The smallest absolute Gasteiger partial charge is 0.231 e. The first kappa shape index (κ1) is 13.2. The summed E-state index contributed by atoms with van der Waals surface area (Å²) in [4.78, 5) is 0. The molecule has 0 saturated carbocycles. The molecule has 1 aromatic rings. The van der Waals surface area contributed by atoms with E-state index >= 15 is 0 Å². The Bertz CT molecular complexity index is 412. The third kappa shape index (κ3) is 3.37. The lowest BCUT2D eigenvalue weighted by Crippen LogP contribution is -2.28. The van der Waals surface area contributed by atoms with Gasteiger partial charge >= 0.3 is 0 Å². The van der Waals surface area contributed by atoms with Crippen LogP contribution in [0.3, 0.4) is 0 Å².